The molecule has 0 spiro atoms. The number of hydrogen-bond acceptors (Lipinski definition) is 2. The normalized spacial score (nSPS) is 10.0. The zero-order valence-corrected chi connectivity index (χ0v) is 14.2. The molecule has 0 aromatic heterocycles. The molecule has 0 saturated heterocycles. The van der Waals surface area contributed by atoms with Gasteiger partial charge in [-0.15, -0.1) is 6.42 Å². The van der Waals surface area contributed by atoms with Crippen molar-refractivity contribution in [2.24, 2.45) is 0 Å². The lowest BCUT2D eigenvalue weighted by molar-refractivity contribution is 0.366. The number of terminal acetylenes is 1. The molecule has 108 valence electrons. The van der Waals surface area contributed by atoms with Gasteiger partial charge in [-0.05, 0) is 52.3 Å². The van der Waals surface area contributed by atoms with E-state index in [1.807, 2.05) is 18.2 Å². The summed E-state index contributed by atoms with van der Waals surface area (Å²) in [7, 11) is 0. The first-order valence-electron chi connectivity index (χ1n) is 6.14. The average Bonchev–Trinajstić information content (AvgIpc) is 2.47. The summed E-state index contributed by atoms with van der Waals surface area (Å²) in [6.45, 7) is 0.758. The number of nitrogens with one attached hydrogen (secondary N) is 1. The lowest BCUT2D eigenvalue weighted by Crippen LogP contribution is -2.04. The Hall–Kier alpha value is -1.51. The van der Waals surface area contributed by atoms with Crippen molar-refractivity contribution < 1.29 is 9.13 Å². The van der Waals surface area contributed by atoms with E-state index < -0.39 is 0 Å². The highest BCUT2D eigenvalue weighted by Gasteiger charge is 2.06. The lowest BCUT2D eigenvalue weighted by Gasteiger charge is -2.12. The van der Waals surface area contributed by atoms with Gasteiger partial charge in [0, 0.05) is 22.3 Å². The van der Waals surface area contributed by atoms with Crippen LogP contribution in [0.15, 0.2) is 45.3 Å². The number of anilines is 1. The van der Waals surface area contributed by atoms with E-state index in [1.54, 1.807) is 12.1 Å². The van der Waals surface area contributed by atoms with Gasteiger partial charge in [-0.1, -0.05) is 21.9 Å². The molecule has 0 aliphatic carbocycles. The predicted octanol–water partition coefficient (Wildman–Crippen LogP) is 4.97. The van der Waals surface area contributed by atoms with Gasteiger partial charge in [0.25, 0.3) is 0 Å². The predicted molar refractivity (Wildman–Crippen MR) is 89.9 cm³/mol. The molecule has 2 aromatic carbocycles. The van der Waals surface area contributed by atoms with Crippen LogP contribution >= 0.6 is 31.9 Å². The average molecular weight is 413 g/mol. The van der Waals surface area contributed by atoms with Gasteiger partial charge < -0.3 is 10.1 Å². The van der Waals surface area contributed by atoms with E-state index in [0.29, 0.717) is 11.0 Å². The second-order valence-corrected chi connectivity index (χ2v) is 6.00. The second kappa shape index (κ2) is 7.48. The molecular weight excluding hydrogens is 401 g/mol. The molecule has 0 saturated carbocycles. The van der Waals surface area contributed by atoms with Gasteiger partial charge in [0.05, 0.1) is 4.47 Å². The Morgan fingerprint density at radius 2 is 2.00 bits per heavy atom. The SMILES string of the molecule is C#CCOc1ccc(Br)cc1CNc1ccc(F)c(Br)c1. The minimum atomic E-state index is -0.291. The molecule has 0 fully saturated rings. The van der Waals surface area contributed by atoms with Crippen molar-refractivity contribution in [1.82, 2.24) is 0 Å². The Labute approximate surface area is 140 Å². The Kier molecular flexibility index (Phi) is 5.66. The zero-order valence-electron chi connectivity index (χ0n) is 11.0. The quantitative estimate of drug-likeness (QED) is 0.699. The maximum Gasteiger partial charge on any atom is 0.148 e. The molecule has 0 aliphatic rings. The van der Waals surface area contributed by atoms with Crippen LogP contribution < -0.4 is 10.1 Å². The van der Waals surface area contributed by atoms with Crippen molar-refractivity contribution in [3.63, 3.8) is 0 Å². The molecule has 0 radical (unpaired) electrons. The van der Waals surface area contributed by atoms with Crippen molar-refractivity contribution in [1.29, 1.82) is 0 Å². The van der Waals surface area contributed by atoms with Gasteiger partial charge in [-0.3, -0.25) is 0 Å². The van der Waals surface area contributed by atoms with E-state index >= 15 is 0 Å². The topological polar surface area (TPSA) is 21.3 Å². The van der Waals surface area contributed by atoms with E-state index in [0.717, 1.165) is 21.5 Å². The fourth-order valence-electron chi connectivity index (χ4n) is 1.75. The molecule has 2 nitrogen and oxygen atoms in total. The highest BCUT2D eigenvalue weighted by molar-refractivity contribution is 9.10. The van der Waals surface area contributed by atoms with Crippen LogP contribution in [0.2, 0.25) is 0 Å². The summed E-state index contributed by atoms with van der Waals surface area (Å²) in [6, 6.07) is 10.5. The van der Waals surface area contributed by atoms with E-state index in [4.69, 9.17) is 11.2 Å². The number of ether oxygens (including phenoxy) is 1. The number of benzene rings is 2. The number of rotatable bonds is 5. The maximum atomic E-state index is 13.2. The van der Waals surface area contributed by atoms with E-state index in [2.05, 4.69) is 43.1 Å². The van der Waals surface area contributed by atoms with Crippen molar-refractivity contribution in [3.8, 4) is 18.1 Å². The van der Waals surface area contributed by atoms with Gasteiger partial charge in [-0.2, -0.15) is 0 Å². The van der Waals surface area contributed by atoms with Crippen LogP contribution in [0, 0.1) is 18.2 Å². The van der Waals surface area contributed by atoms with E-state index in [9.17, 15) is 4.39 Å². The fraction of sp³-hybridized carbons (Fsp3) is 0.125. The Bertz CT molecular complexity index is 682. The second-order valence-electron chi connectivity index (χ2n) is 4.23. The van der Waals surface area contributed by atoms with Crippen LogP contribution in [0.25, 0.3) is 0 Å². The van der Waals surface area contributed by atoms with E-state index in [-0.39, 0.29) is 12.4 Å². The number of halogens is 3. The molecule has 0 unspecified atom stereocenters. The smallest absolute Gasteiger partial charge is 0.148 e. The van der Waals surface area contributed by atoms with Crippen LogP contribution in [0.4, 0.5) is 10.1 Å². The van der Waals surface area contributed by atoms with Crippen LogP contribution in [0.3, 0.4) is 0 Å². The zero-order chi connectivity index (χ0) is 15.2. The third kappa shape index (κ3) is 4.48. The molecule has 2 aromatic rings. The van der Waals surface area contributed by atoms with Crippen LogP contribution in [0.1, 0.15) is 5.56 Å². The first kappa shape index (κ1) is 15.9. The summed E-state index contributed by atoms with van der Waals surface area (Å²) in [5.41, 5.74) is 1.77. The third-order valence-corrected chi connectivity index (χ3v) is 3.84. The molecule has 0 amide bonds. The lowest BCUT2D eigenvalue weighted by atomic mass is 10.2. The van der Waals surface area contributed by atoms with Crippen molar-refractivity contribution in [3.05, 3.63) is 56.7 Å². The molecule has 0 bridgehead atoms. The molecular formula is C16H12Br2FNO. The first-order valence-corrected chi connectivity index (χ1v) is 7.72. The summed E-state index contributed by atoms with van der Waals surface area (Å²) in [5.74, 6) is 2.88. The molecule has 21 heavy (non-hydrogen) atoms. The van der Waals surface area contributed by atoms with Gasteiger partial charge in [0.2, 0.25) is 0 Å². The van der Waals surface area contributed by atoms with Gasteiger partial charge >= 0.3 is 0 Å². The molecule has 1 N–H and O–H groups in total. The largest absolute Gasteiger partial charge is 0.481 e. The number of hydrogen-bond donors (Lipinski definition) is 1. The Morgan fingerprint density at radius 1 is 1.19 bits per heavy atom. The van der Waals surface area contributed by atoms with E-state index in [1.165, 1.54) is 6.07 Å². The summed E-state index contributed by atoms with van der Waals surface area (Å²) in [5, 5.41) is 3.22. The highest BCUT2D eigenvalue weighted by atomic mass is 79.9. The van der Waals surface area contributed by atoms with Crippen molar-refractivity contribution >= 4 is 37.5 Å². The first-order chi connectivity index (χ1) is 10.1. The molecule has 0 atom stereocenters. The molecule has 2 rings (SSSR count). The monoisotopic (exact) mass is 411 g/mol. The standard InChI is InChI=1S/C16H12Br2FNO/c1-2-7-21-16-6-3-12(17)8-11(16)10-20-13-4-5-15(19)14(18)9-13/h1,3-6,8-9,20H,7,10H2. The van der Waals surface area contributed by atoms with Crippen LogP contribution in [0.5, 0.6) is 5.75 Å². The van der Waals surface area contributed by atoms with Gasteiger partial charge in [0.1, 0.15) is 18.2 Å². The Morgan fingerprint density at radius 3 is 2.71 bits per heavy atom. The molecule has 0 heterocycles. The molecule has 0 aliphatic heterocycles. The highest BCUT2D eigenvalue weighted by Crippen LogP contribution is 2.25. The summed E-state index contributed by atoms with van der Waals surface area (Å²) < 4.78 is 20.1. The maximum absolute atomic E-state index is 13.2. The minimum absolute atomic E-state index is 0.219. The fourth-order valence-corrected chi connectivity index (χ4v) is 2.54. The van der Waals surface area contributed by atoms with Crippen molar-refractivity contribution in [2.45, 2.75) is 6.54 Å². The van der Waals surface area contributed by atoms with Crippen LogP contribution in [-0.2, 0) is 6.54 Å². The summed E-state index contributed by atoms with van der Waals surface area (Å²) in [6.07, 6.45) is 5.21. The minimum Gasteiger partial charge on any atom is -0.481 e. The van der Waals surface area contributed by atoms with Gasteiger partial charge in [0.15, 0.2) is 0 Å². The summed E-state index contributed by atoms with van der Waals surface area (Å²) >= 11 is 6.59. The molecule has 5 heteroatoms. The third-order valence-electron chi connectivity index (χ3n) is 2.74. The summed E-state index contributed by atoms with van der Waals surface area (Å²) in [4.78, 5) is 0. The van der Waals surface area contributed by atoms with Gasteiger partial charge in [-0.25, -0.2) is 4.39 Å². The Balaban J connectivity index is 2.13. The van der Waals surface area contributed by atoms with Crippen LogP contribution in [-0.4, -0.2) is 6.61 Å². The van der Waals surface area contributed by atoms with Crippen molar-refractivity contribution in [2.75, 3.05) is 11.9 Å².